The lowest BCUT2D eigenvalue weighted by Crippen LogP contribution is -2.22. The Balaban J connectivity index is 1.69. The normalized spacial score (nSPS) is 12.5. The molecule has 9 heteroatoms. The minimum atomic E-state index is -4.50. The first-order chi connectivity index (χ1) is 15.5. The molecule has 0 aliphatic carbocycles. The number of aromatic nitrogens is 4. The Kier molecular flexibility index (Phi) is 5.86. The number of hydrogen-bond donors (Lipinski definition) is 0. The molecule has 5 nitrogen and oxygen atoms in total. The van der Waals surface area contributed by atoms with E-state index < -0.39 is 17.3 Å². The number of nitrogens with zero attached hydrogens (tertiary/aromatic N) is 4. The van der Waals surface area contributed by atoms with Gasteiger partial charge in [0.2, 0.25) is 5.65 Å². The summed E-state index contributed by atoms with van der Waals surface area (Å²) in [5, 5.41) is 8.73. The number of fused-ring (bicyclic) bond motifs is 1. The van der Waals surface area contributed by atoms with Gasteiger partial charge in [0.25, 0.3) is 0 Å². The van der Waals surface area contributed by atoms with Crippen LogP contribution in [0.15, 0.2) is 64.8 Å². The molecule has 33 heavy (non-hydrogen) atoms. The predicted octanol–water partition coefficient (Wildman–Crippen LogP) is 5.80. The van der Waals surface area contributed by atoms with Crippen LogP contribution in [0.1, 0.15) is 43.0 Å². The van der Waals surface area contributed by atoms with Gasteiger partial charge in [0.15, 0.2) is 5.16 Å². The number of alkyl halides is 3. The monoisotopic (exact) mass is 472 g/mol. The highest BCUT2D eigenvalue weighted by atomic mass is 32.2. The van der Waals surface area contributed by atoms with E-state index in [0.29, 0.717) is 10.9 Å². The van der Waals surface area contributed by atoms with E-state index in [9.17, 15) is 18.0 Å². The average Bonchev–Trinajstić information content (AvgIpc) is 3.16. The van der Waals surface area contributed by atoms with E-state index >= 15 is 0 Å². The first-order valence-corrected chi connectivity index (χ1v) is 11.3. The second-order valence-corrected chi connectivity index (χ2v) is 9.74. The van der Waals surface area contributed by atoms with Gasteiger partial charge in [0.1, 0.15) is 0 Å². The maximum atomic E-state index is 13.3. The second kappa shape index (κ2) is 8.37. The van der Waals surface area contributed by atoms with Crippen LogP contribution in [0.5, 0.6) is 0 Å². The third-order valence-electron chi connectivity index (χ3n) is 5.49. The summed E-state index contributed by atoms with van der Waals surface area (Å²) in [6.45, 7) is 7.82. The van der Waals surface area contributed by atoms with Crippen molar-refractivity contribution >= 4 is 17.4 Å². The van der Waals surface area contributed by atoms with Crippen LogP contribution >= 0.6 is 11.8 Å². The molecule has 2 aromatic carbocycles. The van der Waals surface area contributed by atoms with Crippen LogP contribution in [-0.4, -0.2) is 19.2 Å². The van der Waals surface area contributed by atoms with Crippen molar-refractivity contribution in [3.8, 4) is 5.69 Å². The van der Waals surface area contributed by atoms with Gasteiger partial charge in [-0.2, -0.15) is 13.2 Å². The van der Waals surface area contributed by atoms with Crippen molar-refractivity contribution in [1.29, 1.82) is 0 Å². The third kappa shape index (κ3) is 4.42. The van der Waals surface area contributed by atoms with Gasteiger partial charge in [-0.1, -0.05) is 62.9 Å². The molecule has 0 unspecified atom stereocenters. The van der Waals surface area contributed by atoms with Crippen LogP contribution in [0.4, 0.5) is 13.2 Å². The van der Waals surface area contributed by atoms with E-state index in [1.807, 2.05) is 12.1 Å². The maximum Gasteiger partial charge on any atom is 0.416 e. The van der Waals surface area contributed by atoms with Gasteiger partial charge >= 0.3 is 11.7 Å². The topological polar surface area (TPSA) is 52.2 Å². The van der Waals surface area contributed by atoms with Gasteiger partial charge in [-0.05, 0) is 41.2 Å². The molecule has 172 valence electrons. The number of thioether (sulfide) groups is 1. The molecule has 0 fully saturated rings. The number of rotatable bonds is 4. The van der Waals surface area contributed by atoms with Gasteiger partial charge in [-0.25, -0.2) is 0 Å². The fraction of sp³-hybridized carbons (Fsp3) is 0.292. The van der Waals surface area contributed by atoms with Crippen molar-refractivity contribution in [2.75, 3.05) is 0 Å². The summed E-state index contributed by atoms with van der Waals surface area (Å²) in [5.74, 6) is 0.643. The van der Waals surface area contributed by atoms with Crippen molar-refractivity contribution in [3.63, 3.8) is 0 Å². The first kappa shape index (κ1) is 23.1. The Morgan fingerprint density at radius 1 is 0.939 bits per heavy atom. The van der Waals surface area contributed by atoms with Gasteiger partial charge < -0.3 is 0 Å². The first-order valence-electron chi connectivity index (χ1n) is 10.3. The summed E-state index contributed by atoms with van der Waals surface area (Å²) in [4.78, 5) is 13.1. The van der Waals surface area contributed by atoms with Gasteiger partial charge in [-0.15, -0.1) is 10.2 Å². The average molecular weight is 473 g/mol. The standard InChI is InChI=1S/C24H23F3N4OS/c1-15-17(24(25,26)27)10-7-11-19(15)30-12-13-31-20(21(30)32)28-29-22(31)33-14-16-8-5-6-9-18(16)23(2,3)4/h5-13H,14H2,1-4H3. The zero-order valence-corrected chi connectivity index (χ0v) is 19.5. The molecule has 0 radical (unpaired) electrons. The quantitative estimate of drug-likeness (QED) is 0.353. The summed E-state index contributed by atoms with van der Waals surface area (Å²) in [6.07, 6.45) is -1.45. The number of benzene rings is 2. The molecule has 2 heterocycles. The molecule has 0 bridgehead atoms. The van der Waals surface area contributed by atoms with Crippen LogP contribution in [0.25, 0.3) is 11.3 Å². The Morgan fingerprint density at radius 3 is 2.33 bits per heavy atom. The van der Waals surface area contributed by atoms with Crippen molar-refractivity contribution < 1.29 is 13.2 Å². The summed E-state index contributed by atoms with van der Waals surface area (Å²) >= 11 is 1.45. The van der Waals surface area contributed by atoms with Crippen LogP contribution in [0.3, 0.4) is 0 Å². The molecule has 0 aliphatic heterocycles. The van der Waals surface area contributed by atoms with Crippen LogP contribution in [0, 0.1) is 6.92 Å². The molecule has 0 N–H and O–H groups in total. The molecule has 4 aromatic rings. The minimum absolute atomic E-state index is 0.0133. The van der Waals surface area contributed by atoms with Crippen LogP contribution < -0.4 is 5.56 Å². The van der Waals surface area contributed by atoms with Gasteiger partial charge in [0.05, 0.1) is 11.3 Å². The second-order valence-electron chi connectivity index (χ2n) is 8.79. The lowest BCUT2D eigenvalue weighted by molar-refractivity contribution is -0.138. The number of hydrogen-bond acceptors (Lipinski definition) is 4. The maximum absolute atomic E-state index is 13.3. The highest BCUT2D eigenvalue weighted by Crippen LogP contribution is 2.34. The Bertz CT molecular complexity index is 1380. The summed E-state index contributed by atoms with van der Waals surface area (Å²) in [7, 11) is 0. The van der Waals surface area contributed by atoms with Crippen LogP contribution in [-0.2, 0) is 17.3 Å². The van der Waals surface area contributed by atoms with Crippen molar-refractivity contribution in [2.45, 2.75) is 50.2 Å². The molecule has 2 aromatic heterocycles. The molecule has 0 saturated carbocycles. The minimum Gasteiger partial charge on any atom is -0.279 e. The molecule has 4 rings (SSSR count). The van der Waals surface area contributed by atoms with E-state index in [1.54, 1.807) is 10.6 Å². The lowest BCUT2D eigenvalue weighted by atomic mass is 9.84. The lowest BCUT2D eigenvalue weighted by Gasteiger charge is -2.22. The summed E-state index contributed by atoms with van der Waals surface area (Å²) < 4.78 is 42.7. The smallest absolute Gasteiger partial charge is 0.279 e. The SMILES string of the molecule is Cc1c(-n2ccn3c(SCc4ccccc4C(C)(C)C)nnc3c2=O)cccc1C(F)(F)F. The highest BCUT2D eigenvalue weighted by molar-refractivity contribution is 7.98. The molecule has 0 saturated heterocycles. The van der Waals surface area contributed by atoms with E-state index in [0.717, 1.165) is 6.07 Å². The fourth-order valence-corrected chi connectivity index (χ4v) is 4.79. The van der Waals surface area contributed by atoms with E-state index in [4.69, 9.17) is 0 Å². The number of halogens is 3. The third-order valence-corrected chi connectivity index (χ3v) is 6.48. The zero-order chi connectivity index (χ0) is 24.0. The van der Waals surface area contributed by atoms with E-state index in [-0.39, 0.29) is 22.3 Å². The molecular weight excluding hydrogens is 449 g/mol. The molecule has 0 spiro atoms. The van der Waals surface area contributed by atoms with E-state index in [1.165, 1.54) is 52.7 Å². The zero-order valence-electron chi connectivity index (χ0n) is 18.6. The summed E-state index contributed by atoms with van der Waals surface area (Å²) in [6, 6.07) is 12.0. The largest absolute Gasteiger partial charge is 0.416 e. The van der Waals surface area contributed by atoms with Gasteiger partial charge in [-0.3, -0.25) is 13.8 Å². The molecule has 0 amide bonds. The van der Waals surface area contributed by atoms with Crippen molar-refractivity contribution in [3.05, 3.63) is 87.5 Å². The highest BCUT2D eigenvalue weighted by Gasteiger charge is 2.33. The molecule has 0 aliphatic rings. The van der Waals surface area contributed by atoms with Gasteiger partial charge in [0, 0.05) is 18.1 Å². The Hall–Kier alpha value is -3.07. The van der Waals surface area contributed by atoms with Crippen molar-refractivity contribution in [1.82, 2.24) is 19.2 Å². The Labute approximate surface area is 193 Å². The molecule has 0 atom stereocenters. The van der Waals surface area contributed by atoms with Crippen LogP contribution in [0.2, 0.25) is 0 Å². The fourth-order valence-electron chi connectivity index (χ4n) is 3.87. The Morgan fingerprint density at radius 2 is 1.64 bits per heavy atom. The predicted molar refractivity (Wildman–Crippen MR) is 123 cm³/mol. The molecular formula is C24H23F3N4OS. The van der Waals surface area contributed by atoms with Crippen molar-refractivity contribution in [2.24, 2.45) is 0 Å². The van der Waals surface area contributed by atoms with E-state index in [2.05, 4.69) is 43.1 Å². The summed E-state index contributed by atoms with van der Waals surface area (Å²) in [5.41, 5.74) is 1.27.